The van der Waals surface area contributed by atoms with Crippen molar-refractivity contribution >= 4 is 0 Å². The summed E-state index contributed by atoms with van der Waals surface area (Å²) in [7, 11) is 1.99. The first kappa shape index (κ1) is 15.0. The summed E-state index contributed by atoms with van der Waals surface area (Å²) in [6.07, 6.45) is 11.5. The van der Waals surface area contributed by atoms with E-state index in [1.807, 2.05) is 17.9 Å². The molecule has 0 spiro atoms. The van der Waals surface area contributed by atoms with Crippen molar-refractivity contribution in [2.75, 3.05) is 26.3 Å². The van der Waals surface area contributed by atoms with Gasteiger partial charge in [0.2, 0.25) is 0 Å². The lowest BCUT2D eigenvalue weighted by atomic mass is 9.97. The van der Waals surface area contributed by atoms with E-state index in [4.69, 9.17) is 9.47 Å². The van der Waals surface area contributed by atoms with Crippen LogP contribution in [-0.2, 0) is 16.5 Å². The number of nitrogens with zero attached hydrogens (tertiary/aromatic N) is 3. The molecule has 3 heterocycles. The zero-order valence-electron chi connectivity index (χ0n) is 13.0. The molecular formula is C16H27N3O2. The molecule has 0 aliphatic carbocycles. The summed E-state index contributed by atoms with van der Waals surface area (Å²) >= 11 is 0. The normalized spacial score (nSPS) is 27.9. The molecule has 0 saturated carbocycles. The van der Waals surface area contributed by atoms with E-state index >= 15 is 0 Å². The highest BCUT2D eigenvalue weighted by Crippen LogP contribution is 2.30. The number of piperidine rings is 1. The summed E-state index contributed by atoms with van der Waals surface area (Å²) in [6, 6.07) is 0.503. The summed E-state index contributed by atoms with van der Waals surface area (Å²) in [5.41, 5.74) is 1.34. The highest BCUT2D eigenvalue weighted by Gasteiger charge is 2.25. The zero-order chi connectivity index (χ0) is 14.5. The molecular weight excluding hydrogens is 266 g/mol. The van der Waals surface area contributed by atoms with E-state index in [0.717, 1.165) is 32.7 Å². The first-order valence-corrected chi connectivity index (χ1v) is 8.29. The lowest BCUT2D eigenvalue weighted by Gasteiger charge is -2.35. The minimum absolute atomic E-state index is 0.0281. The van der Waals surface area contributed by atoms with Gasteiger partial charge >= 0.3 is 0 Å². The van der Waals surface area contributed by atoms with Gasteiger partial charge in [0.25, 0.3) is 0 Å². The van der Waals surface area contributed by atoms with Gasteiger partial charge < -0.3 is 9.47 Å². The number of rotatable bonds is 5. The number of hydrogen-bond donors (Lipinski definition) is 0. The van der Waals surface area contributed by atoms with E-state index in [0.29, 0.717) is 6.04 Å². The maximum absolute atomic E-state index is 5.89. The van der Waals surface area contributed by atoms with E-state index in [9.17, 15) is 0 Å². The fourth-order valence-corrected chi connectivity index (χ4v) is 3.39. The Labute approximate surface area is 127 Å². The number of aryl methyl sites for hydroxylation is 1. The van der Waals surface area contributed by atoms with Crippen molar-refractivity contribution in [2.45, 2.75) is 50.9 Å². The Kier molecular flexibility index (Phi) is 5.27. The predicted molar refractivity (Wildman–Crippen MR) is 80.9 cm³/mol. The number of hydrogen-bond acceptors (Lipinski definition) is 4. The van der Waals surface area contributed by atoms with Gasteiger partial charge in [0.05, 0.1) is 12.8 Å². The van der Waals surface area contributed by atoms with Gasteiger partial charge in [-0.2, -0.15) is 5.10 Å². The highest BCUT2D eigenvalue weighted by atomic mass is 16.7. The molecule has 0 amide bonds. The number of aromatic nitrogens is 2. The first-order chi connectivity index (χ1) is 10.3. The van der Waals surface area contributed by atoms with Gasteiger partial charge in [-0.15, -0.1) is 0 Å². The van der Waals surface area contributed by atoms with Crippen LogP contribution in [0.15, 0.2) is 12.4 Å². The molecule has 2 fully saturated rings. The minimum Gasteiger partial charge on any atom is -0.353 e. The molecule has 3 rings (SSSR count). The Morgan fingerprint density at radius 3 is 2.95 bits per heavy atom. The second-order valence-corrected chi connectivity index (χ2v) is 6.16. The first-order valence-electron chi connectivity index (χ1n) is 8.29. The van der Waals surface area contributed by atoms with Crippen molar-refractivity contribution in [3.63, 3.8) is 0 Å². The summed E-state index contributed by atoms with van der Waals surface area (Å²) in [5, 5.41) is 4.32. The van der Waals surface area contributed by atoms with Crippen molar-refractivity contribution in [1.29, 1.82) is 0 Å². The van der Waals surface area contributed by atoms with Crippen LogP contribution in [-0.4, -0.2) is 47.3 Å². The number of ether oxygens (including phenoxy) is 2. The van der Waals surface area contributed by atoms with Crippen LogP contribution in [0.2, 0.25) is 0 Å². The van der Waals surface area contributed by atoms with E-state index in [1.165, 1.54) is 37.7 Å². The maximum atomic E-state index is 5.89. The van der Waals surface area contributed by atoms with Crippen LogP contribution in [0.25, 0.3) is 0 Å². The third kappa shape index (κ3) is 4.05. The molecule has 1 aromatic heterocycles. The molecule has 2 atom stereocenters. The minimum atomic E-state index is 0.0281. The van der Waals surface area contributed by atoms with Crippen molar-refractivity contribution in [3.05, 3.63) is 18.0 Å². The molecule has 0 radical (unpaired) electrons. The number of likely N-dealkylation sites (tertiary alicyclic amines) is 1. The van der Waals surface area contributed by atoms with Gasteiger partial charge in [-0.1, -0.05) is 6.42 Å². The smallest absolute Gasteiger partial charge is 0.157 e. The van der Waals surface area contributed by atoms with Gasteiger partial charge in [-0.3, -0.25) is 9.58 Å². The van der Waals surface area contributed by atoms with E-state index in [-0.39, 0.29) is 6.29 Å². The summed E-state index contributed by atoms with van der Waals surface area (Å²) in [5.74, 6) is 0. The standard InChI is InChI=1S/C16H27N3O2/c1-18-13-14(12-17-18)15-6-2-4-8-19(15)9-11-21-16-7-3-5-10-20-16/h12-13,15-16H,2-11H2,1H3. The average Bonchev–Trinajstić information content (AvgIpc) is 2.95. The molecule has 0 aromatic carbocycles. The van der Waals surface area contributed by atoms with Crippen molar-refractivity contribution in [1.82, 2.24) is 14.7 Å². The lowest BCUT2D eigenvalue weighted by molar-refractivity contribution is -0.165. The second kappa shape index (κ2) is 7.38. The van der Waals surface area contributed by atoms with Crippen LogP contribution >= 0.6 is 0 Å². The molecule has 0 bridgehead atoms. The van der Waals surface area contributed by atoms with Crippen molar-refractivity contribution in [3.8, 4) is 0 Å². The van der Waals surface area contributed by atoms with Crippen LogP contribution in [0.5, 0.6) is 0 Å². The van der Waals surface area contributed by atoms with Crippen LogP contribution in [0, 0.1) is 0 Å². The monoisotopic (exact) mass is 293 g/mol. The molecule has 5 heteroatoms. The van der Waals surface area contributed by atoms with E-state index in [2.05, 4.69) is 16.2 Å². The fraction of sp³-hybridized carbons (Fsp3) is 0.812. The van der Waals surface area contributed by atoms with Crippen LogP contribution in [0.3, 0.4) is 0 Å². The van der Waals surface area contributed by atoms with Crippen LogP contribution in [0.4, 0.5) is 0 Å². The summed E-state index contributed by atoms with van der Waals surface area (Å²) in [6.45, 7) is 3.77. The highest BCUT2D eigenvalue weighted by molar-refractivity contribution is 5.11. The summed E-state index contributed by atoms with van der Waals surface area (Å²) in [4.78, 5) is 2.54. The van der Waals surface area contributed by atoms with E-state index < -0.39 is 0 Å². The SMILES string of the molecule is Cn1cc(C2CCCCN2CCOC2CCCCO2)cn1. The van der Waals surface area contributed by atoms with Crippen LogP contribution in [0.1, 0.15) is 50.1 Å². The van der Waals surface area contributed by atoms with Crippen molar-refractivity contribution < 1.29 is 9.47 Å². The zero-order valence-corrected chi connectivity index (χ0v) is 13.0. The van der Waals surface area contributed by atoms with Gasteiger partial charge in [0, 0.05) is 38.0 Å². The average molecular weight is 293 g/mol. The largest absolute Gasteiger partial charge is 0.353 e. The molecule has 1 aromatic rings. The molecule has 21 heavy (non-hydrogen) atoms. The van der Waals surface area contributed by atoms with Gasteiger partial charge in [-0.05, 0) is 38.6 Å². The van der Waals surface area contributed by atoms with Gasteiger partial charge in [-0.25, -0.2) is 0 Å². The molecule has 2 saturated heterocycles. The Bertz CT molecular complexity index is 429. The predicted octanol–water partition coefficient (Wildman–Crippen LogP) is 2.49. The summed E-state index contributed by atoms with van der Waals surface area (Å²) < 4.78 is 13.4. The molecule has 118 valence electrons. The fourth-order valence-electron chi connectivity index (χ4n) is 3.39. The van der Waals surface area contributed by atoms with Gasteiger partial charge in [0.1, 0.15) is 0 Å². The molecule has 5 nitrogen and oxygen atoms in total. The molecule has 0 N–H and O–H groups in total. The topological polar surface area (TPSA) is 39.5 Å². The Morgan fingerprint density at radius 1 is 1.29 bits per heavy atom. The van der Waals surface area contributed by atoms with Crippen LogP contribution < -0.4 is 0 Å². The van der Waals surface area contributed by atoms with Gasteiger partial charge in [0.15, 0.2) is 6.29 Å². The van der Waals surface area contributed by atoms with Crippen molar-refractivity contribution in [2.24, 2.45) is 7.05 Å². The molecule has 2 aliphatic rings. The molecule has 2 aliphatic heterocycles. The Balaban J connectivity index is 1.49. The molecule has 2 unspecified atom stereocenters. The Hall–Kier alpha value is -0.910. The van der Waals surface area contributed by atoms with E-state index in [1.54, 1.807) is 0 Å². The quantitative estimate of drug-likeness (QED) is 0.836. The lowest BCUT2D eigenvalue weighted by Crippen LogP contribution is -2.37. The maximum Gasteiger partial charge on any atom is 0.157 e. The third-order valence-corrected chi connectivity index (χ3v) is 4.54. The third-order valence-electron chi connectivity index (χ3n) is 4.54. The second-order valence-electron chi connectivity index (χ2n) is 6.16. The Morgan fingerprint density at radius 2 is 2.19 bits per heavy atom.